The van der Waals surface area contributed by atoms with E-state index in [1.165, 1.54) is 12.1 Å². The summed E-state index contributed by atoms with van der Waals surface area (Å²) in [7, 11) is 0. The fraction of sp³-hybridized carbons (Fsp3) is 0.529. The van der Waals surface area contributed by atoms with Gasteiger partial charge in [-0.3, -0.25) is 24.6 Å². The van der Waals surface area contributed by atoms with Gasteiger partial charge in [0, 0.05) is 38.2 Å². The molecule has 0 aromatic heterocycles. The fourth-order valence-corrected chi connectivity index (χ4v) is 3.06. The first-order chi connectivity index (χ1) is 12.0. The summed E-state index contributed by atoms with van der Waals surface area (Å²) in [5.41, 5.74) is 0.0785. The second-order valence-electron chi connectivity index (χ2n) is 6.58. The maximum atomic E-state index is 12.5. The maximum Gasteiger partial charge on any atom is 0.292 e. The number of piperazine rings is 1. The van der Waals surface area contributed by atoms with Gasteiger partial charge in [-0.05, 0) is 25.8 Å². The molecule has 0 radical (unpaired) electrons. The summed E-state index contributed by atoms with van der Waals surface area (Å²) in [5, 5.41) is 13.7. The highest BCUT2D eigenvalue weighted by molar-refractivity contribution is 5.96. The molecule has 1 aromatic carbocycles. The maximum absolute atomic E-state index is 12.5. The first-order valence-electron chi connectivity index (χ1n) is 8.54. The number of nitrogens with zero attached hydrogens (tertiary/aromatic N) is 3. The molecule has 0 bridgehead atoms. The summed E-state index contributed by atoms with van der Waals surface area (Å²) >= 11 is 0. The number of rotatable bonds is 5. The third kappa shape index (κ3) is 3.96. The Balaban J connectivity index is 1.56. The first-order valence-corrected chi connectivity index (χ1v) is 8.54. The van der Waals surface area contributed by atoms with Gasteiger partial charge >= 0.3 is 0 Å². The highest BCUT2D eigenvalue weighted by atomic mass is 16.6. The molecule has 1 N–H and O–H groups in total. The van der Waals surface area contributed by atoms with Crippen molar-refractivity contribution in [1.82, 2.24) is 9.80 Å². The van der Waals surface area contributed by atoms with Gasteiger partial charge in [0.25, 0.3) is 5.69 Å². The van der Waals surface area contributed by atoms with Crippen LogP contribution in [0.1, 0.15) is 19.8 Å². The van der Waals surface area contributed by atoms with Crippen molar-refractivity contribution in [2.24, 2.45) is 5.92 Å². The van der Waals surface area contributed by atoms with Crippen LogP contribution in [0, 0.1) is 16.0 Å². The van der Waals surface area contributed by atoms with E-state index in [-0.39, 0.29) is 29.1 Å². The largest absolute Gasteiger partial charge is 0.340 e. The fourth-order valence-electron chi connectivity index (χ4n) is 3.06. The Morgan fingerprint density at radius 2 is 1.84 bits per heavy atom. The lowest BCUT2D eigenvalue weighted by Gasteiger charge is -2.37. The van der Waals surface area contributed by atoms with Crippen molar-refractivity contribution in [1.29, 1.82) is 0 Å². The average molecular weight is 346 g/mol. The van der Waals surface area contributed by atoms with E-state index in [1.807, 2.05) is 9.80 Å². The van der Waals surface area contributed by atoms with Crippen LogP contribution in [0.2, 0.25) is 0 Å². The molecule has 1 aliphatic heterocycles. The molecule has 25 heavy (non-hydrogen) atoms. The summed E-state index contributed by atoms with van der Waals surface area (Å²) in [5.74, 6) is 0.166. The number of carbonyl (C=O) groups excluding carboxylic acids is 2. The minimum absolute atomic E-state index is 0.122. The summed E-state index contributed by atoms with van der Waals surface area (Å²) < 4.78 is 0. The number of anilines is 1. The van der Waals surface area contributed by atoms with Crippen LogP contribution in [0.3, 0.4) is 0 Å². The average Bonchev–Trinajstić information content (AvgIpc) is 3.46. The van der Waals surface area contributed by atoms with Crippen molar-refractivity contribution >= 4 is 23.2 Å². The Labute approximate surface area is 145 Å². The monoisotopic (exact) mass is 346 g/mol. The van der Waals surface area contributed by atoms with E-state index in [0.29, 0.717) is 26.2 Å². The molecule has 1 atom stereocenters. The second-order valence-corrected chi connectivity index (χ2v) is 6.58. The van der Waals surface area contributed by atoms with E-state index in [4.69, 9.17) is 0 Å². The Kier molecular flexibility index (Phi) is 4.98. The smallest absolute Gasteiger partial charge is 0.292 e. The SMILES string of the molecule is C[C@H](C(=O)Nc1ccccc1[N+](=O)[O-])N1CCN(C(=O)C2CC2)CC1. The molecule has 1 heterocycles. The lowest BCUT2D eigenvalue weighted by atomic mass is 10.2. The van der Waals surface area contributed by atoms with Gasteiger partial charge in [-0.15, -0.1) is 0 Å². The number of hydrogen-bond donors (Lipinski definition) is 1. The van der Waals surface area contributed by atoms with Crippen LogP contribution >= 0.6 is 0 Å². The number of amides is 2. The lowest BCUT2D eigenvalue weighted by Crippen LogP contribution is -2.54. The van der Waals surface area contributed by atoms with Crippen molar-refractivity contribution < 1.29 is 14.5 Å². The number of nitro groups is 1. The predicted molar refractivity (Wildman–Crippen MR) is 92.1 cm³/mol. The van der Waals surface area contributed by atoms with Gasteiger partial charge in [0.2, 0.25) is 11.8 Å². The van der Waals surface area contributed by atoms with Crippen LogP contribution in [0.5, 0.6) is 0 Å². The summed E-state index contributed by atoms with van der Waals surface area (Å²) in [4.78, 5) is 38.9. The summed E-state index contributed by atoms with van der Waals surface area (Å²) in [6.45, 7) is 4.28. The molecule has 3 rings (SSSR count). The van der Waals surface area contributed by atoms with E-state index in [0.717, 1.165) is 12.8 Å². The van der Waals surface area contributed by atoms with Crippen molar-refractivity contribution in [2.45, 2.75) is 25.8 Å². The van der Waals surface area contributed by atoms with Gasteiger partial charge in [0.05, 0.1) is 11.0 Å². The van der Waals surface area contributed by atoms with Crippen LogP contribution in [0.4, 0.5) is 11.4 Å². The predicted octanol–water partition coefficient (Wildman–Crippen LogP) is 1.48. The van der Waals surface area contributed by atoms with Gasteiger partial charge in [-0.25, -0.2) is 0 Å². The molecular weight excluding hydrogens is 324 g/mol. The van der Waals surface area contributed by atoms with Crippen LogP contribution in [-0.4, -0.2) is 58.8 Å². The zero-order valence-electron chi connectivity index (χ0n) is 14.2. The number of hydrogen-bond acceptors (Lipinski definition) is 5. The zero-order chi connectivity index (χ0) is 18.0. The minimum Gasteiger partial charge on any atom is -0.340 e. The van der Waals surface area contributed by atoms with E-state index < -0.39 is 11.0 Å². The molecule has 1 aromatic rings. The molecule has 8 nitrogen and oxygen atoms in total. The Hall–Kier alpha value is -2.48. The van der Waals surface area contributed by atoms with Gasteiger partial charge in [0.15, 0.2) is 0 Å². The van der Waals surface area contributed by atoms with Gasteiger partial charge < -0.3 is 10.2 Å². The van der Waals surface area contributed by atoms with Crippen LogP contribution < -0.4 is 5.32 Å². The highest BCUT2D eigenvalue weighted by Crippen LogP contribution is 2.31. The quantitative estimate of drug-likeness (QED) is 0.643. The van der Waals surface area contributed by atoms with Gasteiger partial charge in [-0.2, -0.15) is 0 Å². The summed E-state index contributed by atoms with van der Waals surface area (Å²) in [6.07, 6.45) is 1.99. The molecule has 1 saturated carbocycles. The topological polar surface area (TPSA) is 95.8 Å². The van der Waals surface area contributed by atoms with E-state index in [1.54, 1.807) is 19.1 Å². The molecule has 0 unspecified atom stereocenters. The van der Waals surface area contributed by atoms with Crippen LogP contribution in [0.15, 0.2) is 24.3 Å². The van der Waals surface area contributed by atoms with Crippen molar-refractivity contribution in [3.8, 4) is 0 Å². The van der Waals surface area contributed by atoms with Gasteiger partial charge in [-0.1, -0.05) is 12.1 Å². The molecule has 134 valence electrons. The standard InChI is InChI=1S/C17H22N4O4/c1-12(16(22)18-14-4-2-3-5-15(14)21(24)25)19-8-10-20(11-9-19)17(23)13-6-7-13/h2-5,12-13H,6-11H2,1H3,(H,18,22)/t12-/m1/s1. The lowest BCUT2D eigenvalue weighted by molar-refractivity contribution is -0.383. The van der Waals surface area contributed by atoms with E-state index >= 15 is 0 Å². The summed E-state index contributed by atoms with van der Waals surface area (Å²) in [6, 6.07) is 5.68. The minimum atomic E-state index is -0.511. The van der Waals surface area contributed by atoms with Gasteiger partial charge in [0.1, 0.15) is 5.69 Å². The van der Waals surface area contributed by atoms with Crippen LogP contribution in [-0.2, 0) is 9.59 Å². The Morgan fingerprint density at radius 1 is 1.20 bits per heavy atom. The molecule has 2 aliphatic rings. The van der Waals surface area contributed by atoms with Crippen molar-refractivity contribution in [3.05, 3.63) is 34.4 Å². The first kappa shape index (κ1) is 17.3. The van der Waals surface area contributed by atoms with Crippen LogP contribution in [0.25, 0.3) is 0 Å². The molecule has 0 spiro atoms. The molecule has 8 heteroatoms. The third-order valence-corrected chi connectivity index (χ3v) is 4.84. The number of benzene rings is 1. The number of para-hydroxylation sites is 2. The van der Waals surface area contributed by atoms with Crippen molar-refractivity contribution in [3.63, 3.8) is 0 Å². The second kappa shape index (κ2) is 7.18. The molecule has 2 amide bonds. The molecule has 1 saturated heterocycles. The molecular formula is C17H22N4O4. The van der Waals surface area contributed by atoms with E-state index in [9.17, 15) is 19.7 Å². The zero-order valence-corrected chi connectivity index (χ0v) is 14.2. The van der Waals surface area contributed by atoms with Crippen molar-refractivity contribution in [2.75, 3.05) is 31.5 Å². The Bertz CT molecular complexity index is 681. The number of nitrogens with one attached hydrogen (secondary N) is 1. The Morgan fingerprint density at radius 3 is 2.44 bits per heavy atom. The third-order valence-electron chi connectivity index (χ3n) is 4.84. The molecule has 1 aliphatic carbocycles. The van der Waals surface area contributed by atoms with E-state index in [2.05, 4.69) is 5.32 Å². The number of nitro benzene ring substituents is 1. The highest BCUT2D eigenvalue weighted by Gasteiger charge is 2.35. The number of carbonyl (C=O) groups is 2. The molecule has 2 fully saturated rings. The normalized spacial score (nSPS) is 19.3.